The number of nitrogens with one attached hydrogen (secondary N) is 1. The van der Waals surface area contributed by atoms with Crippen molar-refractivity contribution in [2.24, 2.45) is 5.84 Å². The van der Waals surface area contributed by atoms with E-state index in [0.29, 0.717) is 17.0 Å². The van der Waals surface area contributed by atoms with Crippen molar-refractivity contribution < 1.29 is 4.39 Å². The van der Waals surface area contributed by atoms with Crippen LogP contribution < -0.4 is 11.3 Å². The van der Waals surface area contributed by atoms with Crippen molar-refractivity contribution in [3.8, 4) is 0 Å². The SMILES string of the molecule is Cc1cnc(C(Cc2c(F)cccc2Cl)NN)c(C)c1. The molecule has 0 saturated heterocycles. The predicted molar refractivity (Wildman–Crippen MR) is 78.9 cm³/mol. The van der Waals surface area contributed by atoms with E-state index in [1.54, 1.807) is 18.3 Å². The van der Waals surface area contributed by atoms with Crippen LogP contribution in [0.1, 0.15) is 28.4 Å². The lowest BCUT2D eigenvalue weighted by molar-refractivity contribution is 0.516. The number of hydrogen-bond acceptors (Lipinski definition) is 3. The minimum atomic E-state index is -0.331. The summed E-state index contributed by atoms with van der Waals surface area (Å²) in [6.07, 6.45) is 2.12. The van der Waals surface area contributed by atoms with Crippen LogP contribution in [0.4, 0.5) is 4.39 Å². The summed E-state index contributed by atoms with van der Waals surface area (Å²) in [5, 5.41) is 0.398. The topological polar surface area (TPSA) is 50.9 Å². The Balaban J connectivity index is 2.34. The molecule has 5 heteroatoms. The van der Waals surface area contributed by atoms with Gasteiger partial charge in [0.2, 0.25) is 0 Å². The van der Waals surface area contributed by atoms with Crippen LogP contribution in [0.5, 0.6) is 0 Å². The standard InChI is InChI=1S/C15H17ClFN3/c1-9-6-10(2)15(19-8-9)14(20-18)7-11-12(16)4-3-5-13(11)17/h3-6,8,14,20H,7,18H2,1-2H3. The first-order chi connectivity index (χ1) is 9.52. The van der Waals surface area contributed by atoms with Gasteiger partial charge in [0.1, 0.15) is 5.82 Å². The third-order valence-corrected chi connectivity index (χ3v) is 3.61. The summed E-state index contributed by atoms with van der Waals surface area (Å²) < 4.78 is 13.9. The monoisotopic (exact) mass is 293 g/mol. The Morgan fingerprint density at radius 3 is 2.75 bits per heavy atom. The first-order valence-electron chi connectivity index (χ1n) is 6.35. The third-order valence-electron chi connectivity index (χ3n) is 3.26. The molecule has 106 valence electrons. The van der Waals surface area contributed by atoms with E-state index in [4.69, 9.17) is 17.4 Å². The zero-order valence-corrected chi connectivity index (χ0v) is 12.2. The number of aromatic nitrogens is 1. The maximum atomic E-state index is 13.9. The van der Waals surface area contributed by atoms with Crippen LogP contribution >= 0.6 is 11.6 Å². The Morgan fingerprint density at radius 2 is 2.15 bits per heavy atom. The molecule has 3 N–H and O–H groups in total. The Labute approximate surface area is 122 Å². The summed E-state index contributed by atoms with van der Waals surface area (Å²) in [7, 11) is 0. The zero-order chi connectivity index (χ0) is 14.7. The molecule has 0 spiro atoms. The van der Waals surface area contributed by atoms with E-state index in [0.717, 1.165) is 16.8 Å². The van der Waals surface area contributed by atoms with E-state index >= 15 is 0 Å². The Morgan fingerprint density at radius 1 is 1.40 bits per heavy atom. The van der Waals surface area contributed by atoms with Crippen molar-refractivity contribution in [1.82, 2.24) is 10.4 Å². The van der Waals surface area contributed by atoms with Crippen molar-refractivity contribution >= 4 is 11.6 Å². The van der Waals surface area contributed by atoms with Gasteiger partial charge in [-0.15, -0.1) is 0 Å². The highest BCUT2D eigenvalue weighted by molar-refractivity contribution is 6.31. The van der Waals surface area contributed by atoms with Crippen molar-refractivity contribution in [3.63, 3.8) is 0 Å². The van der Waals surface area contributed by atoms with Gasteiger partial charge in [0.05, 0.1) is 11.7 Å². The maximum Gasteiger partial charge on any atom is 0.127 e. The lowest BCUT2D eigenvalue weighted by Gasteiger charge is -2.19. The highest BCUT2D eigenvalue weighted by Crippen LogP contribution is 2.26. The van der Waals surface area contributed by atoms with E-state index in [2.05, 4.69) is 10.4 Å². The number of halogens is 2. The molecule has 20 heavy (non-hydrogen) atoms. The fraction of sp³-hybridized carbons (Fsp3) is 0.267. The highest BCUT2D eigenvalue weighted by atomic mass is 35.5. The molecule has 0 saturated carbocycles. The second kappa shape index (κ2) is 6.31. The zero-order valence-electron chi connectivity index (χ0n) is 11.5. The van der Waals surface area contributed by atoms with Gasteiger partial charge in [-0.2, -0.15) is 0 Å². The van der Waals surface area contributed by atoms with E-state index < -0.39 is 0 Å². The minimum absolute atomic E-state index is 0.287. The van der Waals surface area contributed by atoms with Crippen LogP contribution in [-0.2, 0) is 6.42 Å². The number of rotatable bonds is 4. The van der Waals surface area contributed by atoms with Gasteiger partial charge in [-0.05, 0) is 43.5 Å². The summed E-state index contributed by atoms with van der Waals surface area (Å²) in [4.78, 5) is 4.40. The summed E-state index contributed by atoms with van der Waals surface area (Å²) in [5.41, 5.74) is 6.03. The van der Waals surface area contributed by atoms with Crippen molar-refractivity contribution in [1.29, 1.82) is 0 Å². The van der Waals surface area contributed by atoms with Crippen LogP contribution in [0.2, 0.25) is 5.02 Å². The first-order valence-corrected chi connectivity index (χ1v) is 6.73. The Kier molecular flexibility index (Phi) is 4.70. The third kappa shape index (κ3) is 3.15. The highest BCUT2D eigenvalue weighted by Gasteiger charge is 2.18. The van der Waals surface area contributed by atoms with E-state index in [-0.39, 0.29) is 11.9 Å². The normalized spacial score (nSPS) is 12.4. The molecule has 3 nitrogen and oxygen atoms in total. The quantitative estimate of drug-likeness (QED) is 0.672. The summed E-state index contributed by atoms with van der Waals surface area (Å²) in [6.45, 7) is 3.94. The van der Waals surface area contributed by atoms with Gasteiger partial charge in [-0.3, -0.25) is 16.3 Å². The van der Waals surface area contributed by atoms with Crippen LogP contribution in [-0.4, -0.2) is 4.98 Å². The number of hydrogen-bond donors (Lipinski definition) is 2. The van der Waals surface area contributed by atoms with E-state index in [1.807, 2.05) is 19.9 Å². The van der Waals surface area contributed by atoms with Crippen LogP contribution in [0.25, 0.3) is 0 Å². The van der Waals surface area contributed by atoms with Gasteiger partial charge >= 0.3 is 0 Å². The summed E-state index contributed by atoms with van der Waals surface area (Å²) in [6, 6.07) is 6.38. The molecule has 0 amide bonds. The fourth-order valence-corrected chi connectivity index (χ4v) is 2.50. The molecule has 1 aromatic carbocycles. The van der Waals surface area contributed by atoms with E-state index in [1.165, 1.54) is 6.07 Å². The van der Waals surface area contributed by atoms with Gasteiger partial charge in [0.25, 0.3) is 0 Å². The fourth-order valence-electron chi connectivity index (χ4n) is 2.26. The van der Waals surface area contributed by atoms with Gasteiger partial charge in [-0.1, -0.05) is 23.7 Å². The molecule has 0 aliphatic carbocycles. The average Bonchev–Trinajstić information content (AvgIpc) is 2.40. The maximum absolute atomic E-state index is 13.9. The smallest absolute Gasteiger partial charge is 0.127 e. The number of pyridine rings is 1. The molecule has 1 unspecified atom stereocenters. The number of aryl methyl sites for hydroxylation is 2. The molecule has 2 aromatic rings. The summed E-state index contributed by atoms with van der Waals surface area (Å²) in [5.74, 6) is 5.27. The lowest BCUT2D eigenvalue weighted by atomic mass is 9.99. The summed E-state index contributed by atoms with van der Waals surface area (Å²) >= 11 is 6.05. The van der Waals surface area contributed by atoms with Crippen molar-refractivity contribution in [2.75, 3.05) is 0 Å². The van der Waals surface area contributed by atoms with E-state index in [9.17, 15) is 4.39 Å². The number of benzene rings is 1. The van der Waals surface area contributed by atoms with Gasteiger partial charge < -0.3 is 0 Å². The van der Waals surface area contributed by atoms with Crippen LogP contribution in [0.15, 0.2) is 30.5 Å². The van der Waals surface area contributed by atoms with Crippen LogP contribution in [0.3, 0.4) is 0 Å². The first kappa shape index (κ1) is 14.9. The number of hydrazine groups is 1. The van der Waals surface area contributed by atoms with Gasteiger partial charge in [0, 0.05) is 16.8 Å². The van der Waals surface area contributed by atoms with Crippen LogP contribution in [0, 0.1) is 19.7 Å². The number of nitrogens with two attached hydrogens (primary N) is 1. The Hall–Kier alpha value is -1.49. The molecule has 0 bridgehead atoms. The lowest BCUT2D eigenvalue weighted by Crippen LogP contribution is -2.31. The Bertz CT molecular complexity index is 596. The molecule has 0 aliphatic rings. The number of nitrogens with zero attached hydrogens (tertiary/aromatic N) is 1. The molecule has 0 aliphatic heterocycles. The predicted octanol–water partition coefficient (Wildman–Crippen LogP) is 3.24. The molecule has 1 aromatic heterocycles. The largest absolute Gasteiger partial charge is 0.271 e. The van der Waals surface area contributed by atoms with Crippen molar-refractivity contribution in [2.45, 2.75) is 26.3 Å². The minimum Gasteiger partial charge on any atom is -0.271 e. The molecule has 2 rings (SSSR count). The second-order valence-corrected chi connectivity index (χ2v) is 5.25. The molecule has 0 radical (unpaired) electrons. The van der Waals surface area contributed by atoms with Gasteiger partial charge in [0.15, 0.2) is 0 Å². The molecule has 1 atom stereocenters. The second-order valence-electron chi connectivity index (χ2n) is 4.84. The molecule has 0 fully saturated rings. The molecular weight excluding hydrogens is 277 g/mol. The average molecular weight is 294 g/mol. The van der Waals surface area contributed by atoms with Crippen molar-refractivity contribution in [3.05, 3.63) is 63.7 Å². The van der Waals surface area contributed by atoms with Gasteiger partial charge in [-0.25, -0.2) is 4.39 Å². The molecule has 1 heterocycles. The molecular formula is C15H17ClFN3.